The van der Waals surface area contributed by atoms with E-state index in [0.29, 0.717) is 12.4 Å². The van der Waals surface area contributed by atoms with Crippen LogP contribution in [0.1, 0.15) is 10.4 Å². The maximum atomic E-state index is 11.7. The summed E-state index contributed by atoms with van der Waals surface area (Å²) in [6, 6.07) is 4.43. The molecular weight excluding hydrogens is 258 g/mol. The topological polar surface area (TPSA) is 64.6 Å². The molecule has 1 aromatic carbocycles. The fourth-order valence-corrected chi connectivity index (χ4v) is 1.54. The molecule has 1 rings (SSSR count). The molecule has 1 amide bonds. The van der Waals surface area contributed by atoms with Crippen molar-refractivity contribution in [3.8, 4) is 5.75 Å². The SMILES string of the molecule is COCCNC(=O)C(=O)c1ccc(OC)c(Cl)c1. The quantitative estimate of drug-likeness (QED) is 0.481. The van der Waals surface area contributed by atoms with Gasteiger partial charge in [0.2, 0.25) is 5.78 Å². The Morgan fingerprint density at radius 3 is 2.61 bits per heavy atom. The van der Waals surface area contributed by atoms with Crippen molar-refractivity contribution in [3.63, 3.8) is 0 Å². The highest BCUT2D eigenvalue weighted by Gasteiger charge is 2.16. The summed E-state index contributed by atoms with van der Waals surface area (Å²) >= 11 is 5.88. The summed E-state index contributed by atoms with van der Waals surface area (Å²) < 4.78 is 9.72. The summed E-state index contributed by atoms with van der Waals surface area (Å²) in [7, 11) is 2.98. The Labute approximate surface area is 110 Å². The second-order valence-corrected chi connectivity index (χ2v) is 3.83. The van der Waals surface area contributed by atoms with E-state index in [-0.39, 0.29) is 17.1 Å². The van der Waals surface area contributed by atoms with Crippen molar-refractivity contribution in [1.29, 1.82) is 0 Å². The van der Waals surface area contributed by atoms with Crippen molar-refractivity contribution in [2.24, 2.45) is 0 Å². The molecule has 0 saturated heterocycles. The minimum Gasteiger partial charge on any atom is -0.495 e. The third-order valence-electron chi connectivity index (χ3n) is 2.21. The lowest BCUT2D eigenvalue weighted by atomic mass is 10.1. The molecule has 0 heterocycles. The van der Waals surface area contributed by atoms with Gasteiger partial charge >= 0.3 is 0 Å². The Balaban J connectivity index is 2.72. The number of ether oxygens (including phenoxy) is 2. The van der Waals surface area contributed by atoms with Gasteiger partial charge in [0.15, 0.2) is 0 Å². The standard InChI is InChI=1S/C12H14ClNO4/c1-17-6-5-14-12(16)11(15)8-3-4-10(18-2)9(13)7-8/h3-4,7H,5-6H2,1-2H3,(H,14,16). The number of rotatable bonds is 6. The molecule has 0 aromatic heterocycles. The van der Waals surface area contributed by atoms with Gasteiger partial charge in [0.05, 0.1) is 18.7 Å². The molecule has 1 N–H and O–H groups in total. The number of hydrogen-bond donors (Lipinski definition) is 1. The molecule has 0 radical (unpaired) electrons. The minimum atomic E-state index is -0.687. The van der Waals surface area contributed by atoms with Crippen LogP contribution < -0.4 is 10.1 Å². The molecule has 0 aliphatic rings. The molecule has 0 saturated carbocycles. The summed E-state index contributed by atoms with van der Waals surface area (Å²) in [4.78, 5) is 23.2. The first-order chi connectivity index (χ1) is 8.60. The van der Waals surface area contributed by atoms with E-state index in [1.807, 2.05) is 0 Å². The zero-order valence-electron chi connectivity index (χ0n) is 10.2. The van der Waals surface area contributed by atoms with Gasteiger partial charge < -0.3 is 14.8 Å². The van der Waals surface area contributed by atoms with Crippen molar-refractivity contribution in [2.75, 3.05) is 27.4 Å². The first-order valence-corrected chi connectivity index (χ1v) is 5.63. The van der Waals surface area contributed by atoms with Crippen LogP contribution in [0.5, 0.6) is 5.75 Å². The Hall–Kier alpha value is -1.59. The van der Waals surface area contributed by atoms with Crippen molar-refractivity contribution in [1.82, 2.24) is 5.32 Å². The molecule has 0 aliphatic heterocycles. The van der Waals surface area contributed by atoms with Crippen molar-refractivity contribution in [2.45, 2.75) is 0 Å². The number of amides is 1. The smallest absolute Gasteiger partial charge is 0.292 e. The van der Waals surface area contributed by atoms with Gasteiger partial charge in [-0.25, -0.2) is 0 Å². The van der Waals surface area contributed by atoms with E-state index in [1.165, 1.54) is 32.4 Å². The Kier molecular flexibility index (Phi) is 5.61. The molecule has 0 spiro atoms. The number of carbonyl (C=O) groups is 2. The molecule has 0 bridgehead atoms. The molecule has 0 fully saturated rings. The number of hydrogen-bond acceptors (Lipinski definition) is 4. The lowest BCUT2D eigenvalue weighted by Crippen LogP contribution is -2.33. The van der Waals surface area contributed by atoms with Crippen LogP contribution in [0.3, 0.4) is 0 Å². The van der Waals surface area contributed by atoms with E-state index in [0.717, 1.165) is 0 Å². The van der Waals surface area contributed by atoms with Crippen molar-refractivity contribution in [3.05, 3.63) is 28.8 Å². The average molecular weight is 272 g/mol. The number of ketones is 1. The van der Waals surface area contributed by atoms with Crippen LogP contribution in [0.2, 0.25) is 5.02 Å². The molecule has 0 aliphatic carbocycles. The fourth-order valence-electron chi connectivity index (χ4n) is 1.29. The normalized spacial score (nSPS) is 9.94. The summed E-state index contributed by atoms with van der Waals surface area (Å²) in [5.41, 5.74) is 0.218. The minimum absolute atomic E-state index is 0.218. The molecule has 5 nitrogen and oxygen atoms in total. The van der Waals surface area contributed by atoms with Crippen LogP contribution in [-0.4, -0.2) is 39.1 Å². The zero-order valence-corrected chi connectivity index (χ0v) is 10.9. The van der Waals surface area contributed by atoms with Crippen LogP contribution in [0.25, 0.3) is 0 Å². The highest BCUT2D eigenvalue weighted by Crippen LogP contribution is 2.24. The number of nitrogens with one attached hydrogen (secondary N) is 1. The number of carbonyl (C=O) groups excluding carboxylic acids is 2. The lowest BCUT2D eigenvalue weighted by molar-refractivity contribution is -0.117. The first kappa shape index (κ1) is 14.5. The Morgan fingerprint density at radius 2 is 2.06 bits per heavy atom. The summed E-state index contributed by atoms with van der Waals surface area (Å²) in [5, 5.41) is 2.73. The Bertz CT molecular complexity index is 448. The maximum absolute atomic E-state index is 11.7. The van der Waals surface area contributed by atoms with Crippen LogP contribution >= 0.6 is 11.6 Å². The van der Waals surface area contributed by atoms with Crippen LogP contribution in [0.4, 0.5) is 0 Å². The second kappa shape index (κ2) is 6.98. The fraction of sp³-hybridized carbons (Fsp3) is 0.333. The third-order valence-corrected chi connectivity index (χ3v) is 2.51. The highest BCUT2D eigenvalue weighted by atomic mass is 35.5. The lowest BCUT2D eigenvalue weighted by Gasteiger charge is -2.06. The van der Waals surface area contributed by atoms with Gasteiger partial charge in [-0.05, 0) is 18.2 Å². The van der Waals surface area contributed by atoms with E-state index in [9.17, 15) is 9.59 Å². The van der Waals surface area contributed by atoms with E-state index in [1.54, 1.807) is 0 Å². The Morgan fingerprint density at radius 1 is 1.33 bits per heavy atom. The van der Waals surface area contributed by atoms with Crippen LogP contribution in [-0.2, 0) is 9.53 Å². The highest BCUT2D eigenvalue weighted by molar-refractivity contribution is 6.43. The van der Waals surface area contributed by atoms with Crippen LogP contribution in [0.15, 0.2) is 18.2 Å². The number of Topliss-reactive ketones (excluding diaryl/α,β-unsaturated/α-hetero) is 1. The summed E-state index contributed by atoms with van der Waals surface area (Å²) in [5.74, 6) is -0.878. The molecular formula is C12H14ClNO4. The van der Waals surface area contributed by atoms with Gasteiger partial charge in [0, 0.05) is 19.2 Å². The van der Waals surface area contributed by atoms with E-state index in [2.05, 4.69) is 5.32 Å². The van der Waals surface area contributed by atoms with Gasteiger partial charge in [0.25, 0.3) is 5.91 Å². The van der Waals surface area contributed by atoms with Crippen LogP contribution in [0, 0.1) is 0 Å². The molecule has 1 aromatic rings. The predicted octanol–water partition coefficient (Wildman–Crippen LogP) is 1.29. The predicted molar refractivity (Wildman–Crippen MR) is 67.2 cm³/mol. The monoisotopic (exact) mass is 271 g/mol. The summed E-state index contributed by atoms with van der Waals surface area (Å²) in [6.07, 6.45) is 0. The summed E-state index contributed by atoms with van der Waals surface area (Å²) in [6.45, 7) is 0.632. The average Bonchev–Trinajstić information content (AvgIpc) is 2.38. The first-order valence-electron chi connectivity index (χ1n) is 5.25. The molecule has 98 valence electrons. The zero-order chi connectivity index (χ0) is 13.5. The van der Waals surface area contributed by atoms with Gasteiger partial charge in [-0.3, -0.25) is 9.59 Å². The second-order valence-electron chi connectivity index (χ2n) is 3.43. The van der Waals surface area contributed by atoms with E-state index < -0.39 is 11.7 Å². The molecule has 0 unspecified atom stereocenters. The van der Waals surface area contributed by atoms with Gasteiger partial charge in [0.1, 0.15) is 5.75 Å². The molecule has 0 atom stereocenters. The van der Waals surface area contributed by atoms with E-state index >= 15 is 0 Å². The van der Waals surface area contributed by atoms with Gasteiger partial charge in [-0.15, -0.1) is 0 Å². The molecule has 6 heteroatoms. The van der Waals surface area contributed by atoms with E-state index in [4.69, 9.17) is 21.1 Å². The third kappa shape index (κ3) is 3.72. The van der Waals surface area contributed by atoms with Gasteiger partial charge in [-0.1, -0.05) is 11.6 Å². The number of halogens is 1. The van der Waals surface area contributed by atoms with Crippen molar-refractivity contribution >= 4 is 23.3 Å². The molecule has 18 heavy (non-hydrogen) atoms. The largest absolute Gasteiger partial charge is 0.495 e. The number of benzene rings is 1. The maximum Gasteiger partial charge on any atom is 0.292 e. The number of methoxy groups -OCH3 is 2. The van der Waals surface area contributed by atoms with Crippen molar-refractivity contribution < 1.29 is 19.1 Å². The van der Waals surface area contributed by atoms with Gasteiger partial charge in [-0.2, -0.15) is 0 Å².